The average molecular weight is 382 g/mol. The number of carbonyl (C=O) groups is 3. The first kappa shape index (κ1) is 18.5. The van der Waals surface area contributed by atoms with E-state index in [1.807, 2.05) is 12.1 Å². The van der Waals surface area contributed by atoms with Crippen molar-refractivity contribution in [1.29, 1.82) is 0 Å². The van der Waals surface area contributed by atoms with Crippen molar-refractivity contribution in [3.63, 3.8) is 0 Å². The molecule has 1 aliphatic carbocycles. The number of anilines is 1. The van der Waals surface area contributed by atoms with E-state index < -0.39 is 17.2 Å². The topological polar surface area (TPSA) is 105 Å². The van der Waals surface area contributed by atoms with E-state index in [0.717, 1.165) is 43.5 Å². The molecule has 0 aromatic heterocycles. The number of rotatable bonds is 5. The van der Waals surface area contributed by atoms with Crippen molar-refractivity contribution < 1.29 is 14.4 Å². The molecule has 1 aromatic rings. The Morgan fingerprint density at radius 1 is 1.36 bits per heavy atom. The molecule has 2 aliphatic heterocycles. The molecule has 2 heterocycles. The fourth-order valence-corrected chi connectivity index (χ4v) is 4.46. The van der Waals surface area contributed by atoms with Crippen LogP contribution in [-0.4, -0.2) is 42.8 Å². The third kappa shape index (κ3) is 3.04. The lowest BCUT2D eigenvalue weighted by molar-refractivity contribution is -0.137. The van der Waals surface area contributed by atoms with Crippen LogP contribution in [0.2, 0.25) is 0 Å². The van der Waals surface area contributed by atoms with Gasteiger partial charge in [0.1, 0.15) is 5.57 Å². The molecule has 0 spiro atoms. The standard InChI is InChI=1S/C21H26N4O3/c1-23-18(26)16-10-21(20(22)28,15-7-8-15)12-25(19(16)27)11-14-5-2-4-13-6-3-9-24-17(13)14/h2,4-5,10,15,24H,3,6-9,11-12H2,1H3,(H2,22,28)(H,23,26). The number of fused-ring (bicyclic) bond motifs is 1. The Kier molecular flexibility index (Phi) is 4.61. The van der Waals surface area contributed by atoms with Gasteiger partial charge in [0.25, 0.3) is 11.8 Å². The SMILES string of the molecule is CNC(=O)C1=CC(C(N)=O)(C2CC2)CN(Cc2cccc3c2NCCC3)C1=O. The van der Waals surface area contributed by atoms with Crippen LogP contribution in [0.25, 0.3) is 0 Å². The molecule has 1 fully saturated rings. The number of nitrogens with two attached hydrogens (primary N) is 1. The van der Waals surface area contributed by atoms with Crippen LogP contribution in [0.1, 0.15) is 30.4 Å². The maximum absolute atomic E-state index is 13.1. The summed E-state index contributed by atoms with van der Waals surface area (Å²) in [6.45, 7) is 1.45. The number of aryl methyl sites for hydroxylation is 1. The molecule has 28 heavy (non-hydrogen) atoms. The van der Waals surface area contributed by atoms with Gasteiger partial charge in [-0.15, -0.1) is 0 Å². The number of likely N-dealkylation sites (N-methyl/N-ethyl adjacent to an activating group) is 1. The van der Waals surface area contributed by atoms with Gasteiger partial charge in [0.2, 0.25) is 5.91 Å². The fraction of sp³-hybridized carbons (Fsp3) is 0.476. The number of benzene rings is 1. The number of nitrogens with zero attached hydrogens (tertiary/aromatic N) is 1. The van der Waals surface area contributed by atoms with Crippen LogP contribution in [0.4, 0.5) is 5.69 Å². The Bertz CT molecular complexity index is 874. The van der Waals surface area contributed by atoms with Crippen molar-refractivity contribution >= 4 is 23.4 Å². The summed E-state index contributed by atoms with van der Waals surface area (Å²) in [4.78, 5) is 39.5. The number of primary amides is 1. The van der Waals surface area contributed by atoms with Crippen molar-refractivity contribution in [1.82, 2.24) is 10.2 Å². The second-order valence-corrected chi connectivity index (χ2v) is 7.96. The van der Waals surface area contributed by atoms with Crippen molar-refractivity contribution in [3.05, 3.63) is 41.0 Å². The lowest BCUT2D eigenvalue weighted by Crippen LogP contribution is -2.53. The zero-order valence-electron chi connectivity index (χ0n) is 16.1. The van der Waals surface area contributed by atoms with Crippen LogP contribution >= 0.6 is 0 Å². The largest absolute Gasteiger partial charge is 0.385 e. The highest BCUT2D eigenvalue weighted by molar-refractivity contribution is 6.19. The summed E-state index contributed by atoms with van der Waals surface area (Å²) >= 11 is 0. The lowest BCUT2D eigenvalue weighted by atomic mass is 9.76. The zero-order valence-corrected chi connectivity index (χ0v) is 16.1. The van der Waals surface area contributed by atoms with Gasteiger partial charge in [0, 0.05) is 32.4 Å². The Morgan fingerprint density at radius 2 is 2.14 bits per heavy atom. The summed E-state index contributed by atoms with van der Waals surface area (Å²) < 4.78 is 0. The number of nitrogens with one attached hydrogen (secondary N) is 2. The van der Waals surface area contributed by atoms with Crippen molar-refractivity contribution in [3.8, 4) is 0 Å². The molecule has 1 saturated carbocycles. The second-order valence-electron chi connectivity index (χ2n) is 7.96. The van der Waals surface area contributed by atoms with Gasteiger partial charge in [0.15, 0.2) is 0 Å². The van der Waals surface area contributed by atoms with Gasteiger partial charge in [-0.05, 0) is 48.8 Å². The van der Waals surface area contributed by atoms with Gasteiger partial charge in [-0.1, -0.05) is 18.2 Å². The number of para-hydroxylation sites is 1. The van der Waals surface area contributed by atoms with Crippen LogP contribution in [-0.2, 0) is 27.3 Å². The van der Waals surface area contributed by atoms with Gasteiger partial charge in [-0.3, -0.25) is 14.4 Å². The molecule has 1 atom stereocenters. The predicted molar refractivity (Wildman–Crippen MR) is 105 cm³/mol. The van der Waals surface area contributed by atoms with Crippen LogP contribution < -0.4 is 16.4 Å². The Balaban J connectivity index is 1.72. The third-order valence-corrected chi connectivity index (χ3v) is 6.13. The van der Waals surface area contributed by atoms with E-state index in [9.17, 15) is 14.4 Å². The van der Waals surface area contributed by atoms with E-state index >= 15 is 0 Å². The van der Waals surface area contributed by atoms with Crippen LogP contribution in [0.3, 0.4) is 0 Å². The molecule has 4 N–H and O–H groups in total. The van der Waals surface area contributed by atoms with E-state index in [-0.39, 0.29) is 23.9 Å². The smallest absolute Gasteiger partial charge is 0.259 e. The molecular formula is C21H26N4O3. The number of hydrogen-bond acceptors (Lipinski definition) is 4. The number of amides is 3. The van der Waals surface area contributed by atoms with Crippen LogP contribution in [0, 0.1) is 11.3 Å². The molecule has 0 bridgehead atoms. The minimum atomic E-state index is -0.974. The summed E-state index contributed by atoms with van der Waals surface area (Å²) in [6.07, 6.45) is 5.37. The van der Waals surface area contributed by atoms with E-state index in [1.54, 1.807) is 4.90 Å². The highest BCUT2D eigenvalue weighted by Crippen LogP contribution is 2.49. The van der Waals surface area contributed by atoms with Gasteiger partial charge in [0.05, 0.1) is 5.41 Å². The van der Waals surface area contributed by atoms with Gasteiger partial charge >= 0.3 is 0 Å². The van der Waals surface area contributed by atoms with Crippen molar-refractivity contribution in [2.24, 2.45) is 17.1 Å². The average Bonchev–Trinajstić information content (AvgIpc) is 3.55. The molecule has 7 nitrogen and oxygen atoms in total. The summed E-state index contributed by atoms with van der Waals surface area (Å²) in [5.41, 5.74) is 8.13. The fourth-order valence-electron chi connectivity index (χ4n) is 4.46. The lowest BCUT2D eigenvalue weighted by Gasteiger charge is -2.39. The normalized spacial score (nSPS) is 24.1. The van der Waals surface area contributed by atoms with Gasteiger partial charge in [-0.2, -0.15) is 0 Å². The van der Waals surface area contributed by atoms with Crippen LogP contribution in [0.5, 0.6) is 0 Å². The summed E-state index contributed by atoms with van der Waals surface area (Å²) in [7, 11) is 1.48. The minimum absolute atomic E-state index is 0.0113. The maximum Gasteiger partial charge on any atom is 0.259 e. The predicted octanol–water partition coefficient (Wildman–Crippen LogP) is 0.941. The quantitative estimate of drug-likeness (QED) is 0.659. The molecular weight excluding hydrogens is 356 g/mol. The molecule has 1 aromatic carbocycles. The number of carbonyl (C=O) groups excluding carboxylic acids is 3. The molecule has 3 amide bonds. The summed E-state index contributed by atoms with van der Waals surface area (Å²) in [5, 5.41) is 5.95. The van der Waals surface area contributed by atoms with Gasteiger partial charge < -0.3 is 21.3 Å². The third-order valence-electron chi connectivity index (χ3n) is 6.13. The van der Waals surface area contributed by atoms with Gasteiger partial charge in [-0.25, -0.2) is 0 Å². The molecule has 0 saturated heterocycles. The Labute approximate surface area is 164 Å². The molecule has 7 heteroatoms. The molecule has 4 rings (SSSR count). The number of hydrogen-bond donors (Lipinski definition) is 3. The maximum atomic E-state index is 13.1. The van der Waals surface area contributed by atoms with E-state index in [4.69, 9.17) is 5.73 Å². The van der Waals surface area contributed by atoms with E-state index in [1.165, 1.54) is 18.7 Å². The van der Waals surface area contributed by atoms with Crippen molar-refractivity contribution in [2.75, 3.05) is 25.5 Å². The summed E-state index contributed by atoms with van der Waals surface area (Å²) in [6, 6.07) is 6.08. The first-order valence-corrected chi connectivity index (χ1v) is 9.85. The first-order valence-electron chi connectivity index (χ1n) is 9.85. The minimum Gasteiger partial charge on any atom is -0.385 e. The van der Waals surface area contributed by atoms with Crippen molar-refractivity contribution in [2.45, 2.75) is 32.2 Å². The van der Waals surface area contributed by atoms with E-state index in [0.29, 0.717) is 6.54 Å². The highest BCUT2D eigenvalue weighted by Gasteiger charge is 2.53. The highest BCUT2D eigenvalue weighted by atomic mass is 16.2. The van der Waals surface area contributed by atoms with Crippen LogP contribution in [0.15, 0.2) is 29.8 Å². The monoisotopic (exact) mass is 382 g/mol. The Morgan fingerprint density at radius 3 is 2.82 bits per heavy atom. The molecule has 148 valence electrons. The zero-order chi connectivity index (χ0) is 19.9. The van der Waals surface area contributed by atoms with E-state index in [2.05, 4.69) is 16.7 Å². The summed E-state index contributed by atoms with van der Waals surface area (Å²) in [5.74, 6) is -1.22. The molecule has 0 radical (unpaired) electrons. The molecule has 1 unspecified atom stereocenters. The first-order chi connectivity index (χ1) is 13.5. The second kappa shape index (κ2) is 6.96. The molecule has 3 aliphatic rings. The Hall–Kier alpha value is -2.83.